The zero-order chi connectivity index (χ0) is 13.1. The highest BCUT2D eigenvalue weighted by atomic mass is 35.5. The first-order valence-electron chi connectivity index (χ1n) is 5.96. The highest BCUT2D eigenvalue weighted by Gasteiger charge is 2.08. The van der Waals surface area contributed by atoms with E-state index in [4.69, 9.17) is 11.6 Å². The van der Waals surface area contributed by atoms with Crippen LogP contribution in [0.3, 0.4) is 0 Å². The predicted molar refractivity (Wildman–Crippen MR) is 73.1 cm³/mol. The first-order chi connectivity index (χ1) is 8.58. The van der Waals surface area contributed by atoms with E-state index in [0.29, 0.717) is 12.6 Å². The smallest absolute Gasteiger partial charge is 0.146 e. The van der Waals surface area contributed by atoms with E-state index in [9.17, 15) is 0 Å². The summed E-state index contributed by atoms with van der Waals surface area (Å²) in [4.78, 5) is 4.26. The van der Waals surface area contributed by atoms with Gasteiger partial charge < -0.3 is 5.32 Å². The van der Waals surface area contributed by atoms with E-state index in [1.54, 1.807) is 11.0 Å². The highest BCUT2D eigenvalue weighted by molar-refractivity contribution is 6.31. The van der Waals surface area contributed by atoms with Gasteiger partial charge in [0.2, 0.25) is 0 Å². The molecule has 1 N–H and O–H groups in total. The molecule has 0 saturated carbocycles. The molecule has 2 aromatic rings. The van der Waals surface area contributed by atoms with Gasteiger partial charge in [0.1, 0.15) is 12.2 Å². The molecule has 1 aromatic carbocycles. The molecule has 0 spiro atoms. The predicted octanol–water partition coefficient (Wildman–Crippen LogP) is 2.73. The van der Waals surface area contributed by atoms with Gasteiger partial charge in [0, 0.05) is 11.1 Å². The van der Waals surface area contributed by atoms with Crippen LogP contribution in [0.1, 0.15) is 25.2 Å². The van der Waals surface area contributed by atoms with E-state index in [1.807, 2.05) is 25.1 Å². The van der Waals surface area contributed by atoms with Crippen LogP contribution in [-0.2, 0) is 6.54 Å². The fraction of sp³-hybridized carbons (Fsp3) is 0.385. The Balaban J connectivity index is 2.27. The highest BCUT2D eigenvalue weighted by Crippen LogP contribution is 2.19. The molecule has 0 aliphatic carbocycles. The quantitative estimate of drug-likeness (QED) is 0.923. The molecular formula is C13H17ClN4. The zero-order valence-corrected chi connectivity index (χ0v) is 11.6. The van der Waals surface area contributed by atoms with E-state index in [-0.39, 0.29) is 0 Å². The van der Waals surface area contributed by atoms with Gasteiger partial charge in [-0.3, -0.25) is 0 Å². The lowest BCUT2D eigenvalue weighted by Gasteiger charge is -2.10. The molecule has 1 aromatic heterocycles. The molecule has 0 atom stereocenters. The van der Waals surface area contributed by atoms with Crippen LogP contribution >= 0.6 is 11.6 Å². The minimum Gasteiger partial charge on any atom is -0.308 e. The van der Waals surface area contributed by atoms with Crippen LogP contribution < -0.4 is 5.32 Å². The Morgan fingerprint density at radius 1 is 1.39 bits per heavy atom. The molecule has 2 rings (SSSR count). The van der Waals surface area contributed by atoms with Crippen LogP contribution in [0.2, 0.25) is 5.02 Å². The van der Waals surface area contributed by atoms with Crippen LogP contribution in [0.25, 0.3) is 5.69 Å². The molecule has 96 valence electrons. The van der Waals surface area contributed by atoms with E-state index in [2.05, 4.69) is 29.2 Å². The van der Waals surface area contributed by atoms with Crippen LogP contribution in [-0.4, -0.2) is 20.8 Å². The molecule has 0 amide bonds. The van der Waals surface area contributed by atoms with Crippen molar-refractivity contribution in [2.45, 2.75) is 33.4 Å². The SMILES string of the molecule is Cc1ccc(-n2ncnc2CNC(C)C)cc1Cl. The molecule has 0 bridgehead atoms. The number of aromatic nitrogens is 3. The summed E-state index contributed by atoms with van der Waals surface area (Å²) in [5.74, 6) is 0.878. The molecule has 5 heteroatoms. The Labute approximate surface area is 112 Å². The summed E-state index contributed by atoms with van der Waals surface area (Å²) in [6.07, 6.45) is 1.56. The first kappa shape index (κ1) is 13.1. The van der Waals surface area contributed by atoms with Gasteiger partial charge in [-0.1, -0.05) is 31.5 Å². The minimum absolute atomic E-state index is 0.414. The van der Waals surface area contributed by atoms with Crippen molar-refractivity contribution in [1.82, 2.24) is 20.1 Å². The van der Waals surface area contributed by atoms with Crippen molar-refractivity contribution in [3.8, 4) is 5.69 Å². The molecular weight excluding hydrogens is 248 g/mol. The number of benzene rings is 1. The summed E-state index contributed by atoms with van der Waals surface area (Å²) in [6.45, 7) is 6.87. The molecule has 1 heterocycles. The third-order valence-corrected chi connectivity index (χ3v) is 3.09. The third-order valence-electron chi connectivity index (χ3n) is 2.69. The van der Waals surface area contributed by atoms with Gasteiger partial charge in [-0.2, -0.15) is 5.10 Å². The monoisotopic (exact) mass is 264 g/mol. The Hall–Kier alpha value is -1.39. The number of hydrogen-bond donors (Lipinski definition) is 1. The second-order valence-electron chi connectivity index (χ2n) is 4.56. The van der Waals surface area contributed by atoms with Gasteiger partial charge in [0.05, 0.1) is 12.2 Å². The van der Waals surface area contributed by atoms with Crippen molar-refractivity contribution in [1.29, 1.82) is 0 Å². The fourth-order valence-electron chi connectivity index (χ4n) is 1.61. The first-order valence-corrected chi connectivity index (χ1v) is 6.34. The van der Waals surface area contributed by atoms with E-state index >= 15 is 0 Å². The van der Waals surface area contributed by atoms with Crippen LogP contribution in [0, 0.1) is 6.92 Å². The zero-order valence-electron chi connectivity index (χ0n) is 10.8. The fourth-order valence-corrected chi connectivity index (χ4v) is 1.79. The number of aryl methyl sites for hydroxylation is 1. The van der Waals surface area contributed by atoms with Gasteiger partial charge in [-0.25, -0.2) is 9.67 Å². The summed E-state index contributed by atoms with van der Waals surface area (Å²) in [6, 6.07) is 6.30. The maximum atomic E-state index is 6.13. The Morgan fingerprint density at radius 2 is 2.17 bits per heavy atom. The number of hydrogen-bond acceptors (Lipinski definition) is 3. The summed E-state index contributed by atoms with van der Waals surface area (Å²) in [5, 5.41) is 8.31. The van der Waals surface area contributed by atoms with Crippen molar-refractivity contribution in [2.24, 2.45) is 0 Å². The van der Waals surface area contributed by atoms with Crippen molar-refractivity contribution in [3.05, 3.63) is 40.9 Å². The molecule has 0 aliphatic heterocycles. The normalized spacial score (nSPS) is 11.2. The molecule has 18 heavy (non-hydrogen) atoms. The summed E-state index contributed by atoms with van der Waals surface area (Å²) >= 11 is 6.13. The van der Waals surface area contributed by atoms with Gasteiger partial charge in [0.15, 0.2) is 0 Å². The van der Waals surface area contributed by atoms with Gasteiger partial charge in [-0.05, 0) is 24.6 Å². The summed E-state index contributed by atoms with van der Waals surface area (Å²) in [7, 11) is 0. The largest absolute Gasteiger partial charge is 0.308 e. The maximum Gasteiger partial charge on any atom is 0.146 e. The third kappa shape index (κ3) is 2.89. The number of nitrogens with zero attached hydrogens (tertiary/aromatic N) is 3. The number of rotatable bonds is 4. The molecule has 0 unspecified atom stereocenters. The van der Waals surface area contributed by atoms with Crippen LogP contribution in [0.5, 0.6) is 0 Å². The van der Waals surface area contributed by atoms with Gasteiger partial charge in [0.25, 0.3) is 0 Å². The lowest BCUT2D eigenvalue weighted by molar-refractivity contribution is 0.563. The molecule has 0 fully saturated rings. The lowest BCUT2D eigenvalue weighted by Crippen LogP contribution is -2.24. The summed E-state index contributed by atoms with van der Waals surface area (Å²) in [5.41, 5.74) is 1.99. The topological polar surface area (TPSA) is 42.7 Å². The molecule has 0 radical (unpaired) electrons. The molecule has 0 aliphatic rings. The van der Waals surface area contributed by atoms with Crippen molar-refractivity contribution in [3.63, 3.8) is 0 Å². The summed E-state index contributed by atoms with van der Waals surface area (Å²) < 4.78 is 1.81. The van der Waals surface area contributed by atoms with Gasteiger partial charge >= 0.3 is 0 Å². The van der Waals surface area contributed by atoms with E-state index < -0.39 is 0 Å². The van der Waals surface area contributed by atoms with Crippen LogP contribution in [0.15, 0.2) is 24.5 Å². The lowest BCUT2D eigenvalue weighted by atomic mass is 10.2. The van der Waals surface area contributed by atoms with E-state index in [0.717, 1.165) is 22.1 Å². The maximum absolute atomic E-state index is 6.13. The standard InChI is InChI=1S/C13H17ClN4/c1-9(2)15-7-13-16-8-17-18(13)11-5-4-10(3)12(14)6-11/h4-6,8-9,15H,7H2,1-3H3. The Morgan fingerprint density at radius 3 is 2.83 bits per heavy atom. The molecule has 0 saturated heterocycles. The van der Waals surface area contributed by atoms with Gasteiger partial charge in [-0.15, -0.1) is 0 Å². The second kappa shape index (κ2) is 5.50. The van der Waals surface area contributed by atoms with Crippen molar-refractivity contribution >= 4 is 11.6 Å². The second-order valence-corrected chi connectivity index (χ2v) is 4.96. The molecule has 4 nitrogen and oxygen atoms in total. The van der Waals surface area contributed by atoms with Crippen LogP contribution in [0.4, 0.5) is 0 Å². The number of halogens is 1. The van der Waals surface area contributed by atoms with E-state index in [1.165, 1.54) is 0 Å². The average Bonchev–Trinajstić information content (AvgIpc) is 2.78. The Kier molecular flexibility index (Phi) is 3.99. The Bertz CT molecular complexity index is 534. The van der Waals surface area contributed by atoms with Crippen molar-refractivity contribution in [2.75, 3.05) is 0 Å². The van der Waals surface area contributed by atoms with Crippen molar-refractivity contribution < 1.29 is 0 Å². The minimum atomic E-state index is 0.414. The number of nitrogens with one attached hydrogen (secondary N) is 1. The average molecular weight is 265 g/mol.